The topological polar surface area (TPSA) is 81.5 Å². The average Bonchev–Trinajstić information content (AvgIpc) is 3.26. The molecule has 7 heteroatoms. The number of hydrogen-bond acceptors (Lipinski definition) is 6. The first-order valence-electron chi connectivity index (χ1n) is 6.32. The highest BCUT2D eigenvalue weighted by Gasteiger charge is 2.24. The van der Waals surface area contributed by atoms with Gasteiger partial charge in [0.25, 0.3) is 0 Å². The van der Waals surface area contributed by atoms with Crippen LogP contribution >= 0.6 is 11.8 Å². The zero-order valence-electron chi connectivity index (χ0n) is 11.1. The number of benzene rings is 1. The SMILES string of the molecule is COC(=O)CSc1cccc(NCC2CC2)c1[N+](=O)[O-]. The molecule has 6 nitrogen and oxygen atoms in total. The number of ether oxygens (including phenoxy) is 1. The van der Waals surface area contributed by atoms with E-state index in [4.69, 9.17) is 0 Å². The first-order valence-corrected chi connectivity index (χ1v) is 7.31. The molecule has 1 N–H and O–H groups in total. The summed E-state index contributed by atoms with van der Waals surface area (Å²) in [6, 6.07) is 5.10. The maximum absolute atomic E-state index is 11.3. The van der Waals surface area contributed by atoms with Crippen LogP contribution in [0.25, 0.3) is 0 Å². The second-order valence-corrected chi connectivity index (χ2v) is 5.62. The number of esters is 1. The van der Waals surface area contributed by atoms with Crippen LogP contribution in [0.4, 0.5) is 11.4 Å². The van der Waals surface area contributed by atoms with Crippen LogP contribution in [-0.2, 0) is 9.53 Å². The molecule has 0 aromatic heterocycles. The van der Waals surface area contributed by atoms with E-state index in [0.717, 1.165) is 18.3 Å². The van der Waals surface area contributed by atoms with Gasteiger partial charge in [-0.1, -0.05) is 6.07 Å². The number of rotatable bonds is 7. The van der Waals surface area contributed by atoms with Gasteiger partial charge in [-0.3, -0.25) is 14.9 Å². The van der Waals surface area contributed by atoms with Gasteiger partial charge in [0, 0.05) is 6.54 Å². The summed E-state index contributed by atoms with van der Waals surface area (Å²) in [5.74, 6) is 0.283. The molecule has 0 unspecified atom stereocenters. The molecule has 0 bridgehead atoms. The first-order chi connectivity index (χ1) is 9.61. The fourth-order valence-electron chi connectivity index (χ4n) is 1.74. The summed E-state index contributed by atoms with van der Waals surface area (Å²) < 4.78 is 4.54. The standard InChI is InChI=1S/C13H16N2O4S/c1-19-12(16)8-20-11-4-2-3-10(13(11)15(17)18)14-7-9-5-6-9/h2-4,9,14H,5-8H2,1H3. The van der Waals surface area contributed by atoms with Gasteiger partial charge in [-0.15, -0.1) is 11.8 Å². The third-order valence-corrected chi connectivity index (χ3v) is 4.05. The first kappa shape index (κ1) is 14.6. The molecule has 1 aromatic carbocycles. The van der Waals surface area contributed by atoms with Crippen LogP contribution in [0.15, 0.2) is 23.1 Å². The highest BCUT2D eigenvalue weighted by atomic mass is 32.2. The van der Waals surface area contributed by atoms with Crippen LogP contribution in [0.3, 0.4) is 0 Å². The van der Waals surface area contributed by atoms with Crippen molar-refractivity contribution in [3.63, 3.8) is 0 Å². The minimum absolute atomic E-state index is 0.0297. The van der Waals surface area contributed by atoms with Gasteiger partial charge in [-0.2, -0.15) is 0 Å². The Kier molecular flexibility index (Phi) is 4.84. The number of carbonyl (C=O) groups is 1. The molecule has 0 heterocycles. The van der Waals surface area contributed by atoms with Crippen molar-refractivity contribution in [1.82, 2.24) is 0 Å². The van der Waals surface area contributed by atoms with Gasteiger partial charge in [-0.05, 0) is 30.9 Å². The fourth-order valence-corrected chi connectivity index (χ4v) is 2.63. The molecule has 2 rings (SSSR count). The Morgan fingerprint density at radius 1 is 1.55 bits per heavy atom. The largest absolute Gasteiger partial charge is 0.468 e. The second kappa shape index (κ2) is 6.60. The molecular weight excluding hydrogens is 280 g/mol. The number of nitrogens with one attached hydrogen (secondary N) is 1. The highest BCUT2D eigenvalue weighted by Crippen LogP contribution is 2.37. The number of carbonyl (C=O) groups excluding carboxylic acids is 1. The fraction of sp³-hybridized carbons (Fsp3) is 0.462. The van der Waals surface area contributed by atoms with E-state index in [1.165, 1.54) is 20.0 Å². The number of para-hydroxylation sites is 1. The lowest BCUT2D eigenvalue weighted by molar-refractivity contribution is -0.386. The minimum Gasteiger partial charge on any atom is -0.468 e. The predicted molar refractivity (Wildman–Crippen MR) is 77.1 cm³/mol. The van der Waals surface area contributed by atoms with E-state index in [0.29, 0.717) is 16.5 Å². The third kappa shape index (κ3) is 3.86. The van der Waals surface area contributed by atoms with Crippen LogP contribution in [-0.4, -0.2) is 30.3 Å². The van der Waals surface area contributed by atoms with Crippen molar-refractivity contribution in [2.24, 2.45) is 5.92 Å². The van der Waals surface area contributed by atoms with Gasteiger partial charge >= 0.3 is 11.7 Å². The van der Waals surface area contributed by atoms with Crippen LogP contribution < -0.4 is 5.32 Å². The van der Waals surface area contributed by atoms with Crippen molar-refractivity contribution in [3.05, 3.63) is 28.3 Å². The maximum atomic E-state index is 11.3. The highest BCUT2D eigenvalue weighted by molar-refractivity contribution is 8.00. The van der Waals surface area contributed by atoms with Crippen molar-refractivity contribution < 1.29 is 14.5 Å². The monoisotopic (exact) mass is 296 g/mol. The molecule has 1 aromatic rings. The number of thioether (sulfide) groups is 1. The molecule has 20 heavy (non-hydrogen) atoms. The Balaban J connectivity index is 2.14. The molecule has 1 aliphatic carbocycles. The molecule has 0 atom stereocenters. The lowest BCUT2D eigenvalue weighted by Gasteiger charge is -2.09. The molecule has 0 radical (unpaired) electrons. The normalized spacial score (nSPS) is 13.8. The number of methoxy groups -OCH3 is 1. The van der Waals surface area contributed by atoms with Crippen molar-refractivity contribution in [2.45, 2.75) is 17.7 Å². The summed E-state index contributed by atoms with van der Waals surface area (Å²) >= 11 is 1.12. The Hall–Kier alpha value is -1.76. The number of hydrogen-bond donors (Lipinski definition) is 1. The second-order valence-electron chi connectivity index (χ2n) is 4.60. The molecule has 0 spiro atoms. The Bertz CT molecular complexity index is 517. The van der Waals surface area contributed by atoms with E-state index in [1.54, 1.807) is 18.2 Å². The van der Waals surface area contributed by atoms with Gasteiger partial charge < -0.3 is 10.1 Å². The average molecular weight is 296 g/mol. The summed E-state index contributed by atoms with van der Waals surface area (Å²) in [4.78, 5) is 22.5. The summed E-state index contributed by atoms with van der Waals surface area (Å²) in [7, 11) is 1.30. The summed E-state index contributed by atoms with van der Waals surface area (Å²) in [6.07, 6.45) is 2.36. The molecular formula is C13H16N2O4S. The van der Waals surface area contributed by atoms with Crippen LogP contribution in [0.2, 0.25) is 0 Å². The molecule has 0 amide bonds. The summed E-state index contributed by atoms with van der Waals surface area (Å²) in [6.45, 7) is 0.756. The smallest absolute Gasteiger partial charge is 0.315 e. The number of nitro benzene ring substituents is 1. The van der Waals surface area contributed by atoms with Gasteiger partial charge in [-0.25, -0.2) is 0 Å². The van der Waals surface area contributed by atoms with Gasteiger partial charge in [0.15, 0.2) is 0 Å². The Morgan fingerprint density at radius 2 is 2.30 bits per heavy atom. The van der Waals surface area contributed by atoms with E-state index in [2.05, 4.69) is 10.1 Å². The lowest BCUT2D eigenvalue weighted by atomic mass is 10.2. The van der Waals surface area contributed by atoms with Crippen LogP contribution in [0.1, 0.15) is 12.8 Å². The number of nitro groups is 1. The van der Waals surface area contributed by atoms with Crippen LogP contribution in [0.5, 0.6) is 0 Å². The van der Waals surface area contributed by atoms with Crippen molar-refractivity contribution in [3.8, 4) is 0 Å². The number of nitrogens with zero attached hydrogens (tertiary/aromatic N) is 1. The van der Waals surface area contributed by atoms with E-state index in [1.807, 2.05) is 0 Å². The van der Waals surface area contributed by atoms with E-state index < -0.39 is 10.9 Å². The third-order valence-electron chi connectivity index (χ3n) is 3.03. The van der Waals surface area contributed by atoms with Gasteiger partial charge in [0.2, 0.25) is 0 Å². The van der Waals surface area contributed by atoms with Crippen LogP contribution in [0, 0.1) is 16.0 Å². The Labute approximate surface area is 121 Å². The molecule has 108 valence electrons. The zero-order valence-corrected chi connectivity index (χ0v) is 11.9. The van der Waals surface area contributed by atoms with Gasteiger partial charge in [0.1, 0.15) is 5.69 Å². The zero-order chi connectivity index (χ0) is 14.5. The molecule has 1 saturated carbocycles. The van der Waals surface area contributed by atoms with E-state index in [-0.39, 0.29) is 11.4 Å². The van der Waals surface area contributed by atoms with Gasteiger partial charge in [0.05, 0.1) is 22.7 Å². The van der Waals surface area contributed by atoms with Crippen molar-refractivity contribution in [2.75, 3.05) is 24.7 Å². The minimum atomic E-state index is -0.408. The molecule has 1 aliphatic rings. The lowest BCUT2D eigenvalue weighted by Crippen LogP contribution is -2.07. The summed E-state index contributed by atoms with van der Waals surface area (Å²) in [5, 5.41) is 14.4. The van der Waals surface area contributed by atoms with Crippen molar-refractivity contribution in [1.29, 1.82) is 0 Å². The van der Waals surface area contributed by atoms with E-state index >= 15 is 0 Å². The molecule has 0 aliphatic heterocycles. The molecule has 1 fully saturated rings. The van der Waals surface area contributed by atoms with Crippen molar-refractivity contribution >= 4 is 29.1 Å². The predicted octanol–water partition coefficient (Wildman–Crippen LogP) is 2.68. The maximum Gasteiger partial charge on any atom is 0.315 e. The molecule has 0 saturated heterocycles. The number of anilines is 1. The Morgan fingerprint density at radius 3 is 2.90 bits per heavy atom. The van der Waals surface area contributed by atoms with E-state index in [9.17, 15) is 14.9 Å². The quantitative estimate of drug-likeness (QED) is 0.360. The summed E-state index contributed by atoms with van der Waals surface area (Å²) in [5.41, 5.74) is 0.541.